The van der Waals surface area contributed by atoms with Gasteiger partial charge in [0, 0.05) is 30.6 Å². The SMILES string of the molecule is NS(=O)(=O)N1CC2(CCN(C(=O)Nc3nnc(-c4ccccc4)s3)CC2)c2ccccc21. The van der Waals surface area contributed by atoms with Crippen LogP contribution >= 0.6 is 11.3 Å². The van der Waals surface area contributed by atoms with Crippen molar-refractivity contribution in [3.8, 4) is 10.6 Å². The van der Waals surface area contributed by atoms with Crippen LogP contribution < -0.4 is 14.8 Å². The summed E-state index contributed by atoms with van der Waals surface area (Å²) in [5.74, 6) is 0. The summed E-state index contributed by atoms with van der Waals surface area (Å²) in [5, 5.41) is 17.7. The van der Waals surface area contributed by atoms with Crippen molar-refractivity contribution >= 4 is 38.4 Å². The molecule has 3 aromatic rings. The molecular weight excluding hydrogens is 448 g/mol. The van der Waals surface area contributed by atoms with E-state index >= 15 is 0 Å². The Morgan fingerprint density at radius 2 is 1.72 bits per heavy atom. The van der Waals surface area contributed by atoms with Gasteiger partial charge in [-0.05, 0) is 24.5 Å². The first-order valence-corrected chi connectivity index (χ1v) is 12.5. The summed E-state index contributed by atoms with van der Waals surface area (Å²) < 4.78 is 25.5. The molecule has 0 saturated carbocycles. The molecule has 2 amide bonds. The molecule has 1 fully saturated rings. The molecule has 3 heterocycles. The third-order valence-corrected chi connectivity index (χ3v) is 7.99. The van der Waals surface area contributed by atoms with E-state index in [0.29, 0.717) is 43.3 Å². The normalized spacial score (nSPS) is 17.4. The van der Waals surface area contributed by atoms with Crippen LogP contribution in [0, 0.1) is 0 Å². The van der Waals surface area contributed by atoms with Crippen LogP contribution in [0.25, 0.3) is 10.6 Å². The maximum atomic E-state index is 12.8. The van der Waals surface area contributed by atoms with Crippen LogP contribution in [0.1, 0.15) is 18.4 Å². The highest BCUT2D eigenvalue weighted by Gasteiger charge is 2.47. The average molecular weight is 471 g/mol. The first kappa shape index (κ1) is 20.9. The average Bonchev–Trinajstić information content (AvgIpc) is 3.38. The molecule has 0 aliphatic carbocycles. The van der Waals surface area contributed by atoms with E-state index < -0.39 is 10.2 Å². The highest BCUT2D eigenvalue weighted by atomic mass is 32.2. The minimum Gasteiger partial charge on any atom is -0.324 e. The van der Waals surface area contributed by atoms with Crippen LogP contribution in [0.2, 0.25) is 0 Å². The van der Waals surface area contributed by atoms with Crippen molar-refractivity contribution < 1.29 is 13.2 Å². The number of anilines is 2. The second-order valence-corrected chi connectivity index (χ2v) is 10.5. The van der Waals surface area contributed by atoms with Crippen molar-refractivity contribution in [1.82, 2.24) is 15.1 Å². The van der Waals surface area contributed by atoms with E-state index in [2.05, 4.69) is 15.5 Å². The third-order valence-electron chi connectivity index (χ3n) is 6.16. The number of nitrogens with zero attached hydrogens (tertiary/aromatic N) is 4. The number of fused-ring (bicyclic) bond motifs is 2. The van der Waals surface area contributed by atoms with E-state index in [4.69, 9.17) is 5.14 Å². The van der Waals surface area contributed by atoms with Gasteiger partial charge in [-0.25, -0.2) is 9.93 Å². The number of hydrogen-bond acceptors (Lipinski definition) is 6. The van der Waals surface area contributed by atoms with Crippen LogP contribution in [-0.2, 0) is 15.6 Å². The third kappa shape index (κ3) is 3.72. The van der Waals surface area contributed by atoms with Crippen LogP contribution in [-0.4, -0.2) is 49.2 Å². The molecule has 0 bridgehead atoms. The molecule has 1 aromatic heterocycles. The minimum atomic E-state index is -3.86. The van der Waals surface area contributed by atoms with Crippen molar-refractivity contribution in [3.05, 3.63) is 60.2 Å². The molecule has 0 radical (unpaired) electrons. The topological polar surface area (TPSA) is 122 Å². The van der Waals surface area contributed by atoms with Gasteiger partial charge in [0.25, 0.3) is 10.2 Å². The zero-order valence-corrected chi connectivity index (χ0v) is 18.8. The number of rotatable bonds is 3. The number of para-hydroxylation sites is 1. The molecular formula is C21H22N6O3S2. The molecule has 0 unspecified atom stereocenters. The van der Waals surface area contributed by atoms with Gasteiger partial charge in [0.15, 0.2) is 0 Å². The van der Waals surface area contributed by atoms with Gasteiger partial charge in [-0.15, -0.1) is 10.2 Å². The fourth-order valence-electron chi connectivity index (χ4n) is 4.52. The number of benzene rings is 2. The van der Waals surface area contributed by atoms with Gasteiger partial charge in [0.05, 0.1) is 5.69 Å². The Labute approximate surface area is 190 Å². The number of hydrogen-bond donors (Lipinski definition) is 2. The standard InChI is InChI=1S/C21H22N6O3S2/c22-32(29,30)27-14-21(16-8-4-5-9-17(16)27)10-12-26(13-11-21)20(28)23-19-25-24-18(31-19)15-6-2-1-3-7-15/h1-9H,10-14H2,(H2,22,29,30)(H,23,25,28). The molecule has 1 saturated heterocycles. The number of carbonyl (C=O) groups excluding carboxylic acids is 1. The van der Waals surface area contributed by atoms with Crippen molar-refractivity contribution in [2.45, 2.75) is 18.3 Å². The molecule has 2 aliphatic rings. The van der Waals surface area contributed by atoms with Crippen molar-refractivity contribution in [1.29, 1.82) is 0 Å². The number of urea groups is 1. The number of carbonyl (C=O) groups is 1. The van der Waals surface area contributed by atoms with Crippen LogP contribution in [0.3, 0.4) is 0 Å². The van der Waals surface area contributed by atoms with E-state index in [1.807, 2.05) is 48.5 Å². The van der Waals surface area contributed by atoms with Crippen LogP contribution in [0.15, 0.2) is 54.6 Å². The van der Waals surface area contributed by atoms with Crippen molar-refractivity contribution in [2.75, 3.05) is 29.3 Å². The molecule has 0 atom stereocenters. The molecule has 9 nitrogen and oxygen atoms in total. The maximum Gasteiger partial charge on any atom is 0.323 e. The lowest BCUT2D eigenvalue weighted by Crippen LogP contribution is -2.49. The smallest absolute Gasteiger partial charge is 0.323 e. The molecule has 1 spiro atoms. The highest BCUT2D eigenvalue weighted by Crippen LogP contribution is 2.47. The predicted molar refractivity (Wildman–Crippen MR) is 124 cm³/mol. The summed E-state index contributed by atoms with van der Waals surface area (Å²) in [6.07, 6.45) is 1.30. The first-order valence-electron chi connectivity index (χ1n) is 10.2. The molecule has 32 heavy (non-hydrogen) atoms. The molecule has 166 valence electrons. The van der Waals surface area contributed by atoms with Crippen molar-refractivity contribution in [3.63, 3.8) is 0 Å². The quantitative estimate of drug-likeness (QED) is 0.610. The van der Waals surface area contributed by atoms with Gasteiger partial charge in [0.2, 0.25) is 5.13 Å². The zero-order valence-electron chi connectivity index (χ0n) is 17.1. The van der Waals surface area contributed by atoms with E-state index in [0.717, 1.165) is 16.1 Å². The lowest BCUT2D eigenvalue weighted by atomic mass is 9.74. The molecule has 5 rings (SSSR count). The van der Waals surface area contributed by atoms with Crippen LogP contribution in [0.5, 0.6) is 0 Å². The predicted octanol–water partition coefficient (Wildman–Crippen LogP) is 2.79. The summed E-state index contributed by atoms with van der Waals surface area (Å²) in [6, 6.07) is 16.9. The van der Waals surface area contributed by atoms with Crippen molar-refractivity contribution in [2.24, 2.45) is 5.14 Å². The largest absolute Gasteiger partial charge is 0.324 e. The second kappa shape index (κ2) is 7.84. The van der Waals surface area contributed by atoms with Crippen LogP contribution in [0.4, 0.5) is 15.6 Å². The summed E-state index contributed by atoms with van der Waals surface area (Å²) in [5.41, 5.74) is 2.22. The van der Waals surface area contributed by atoms with Gasteiger partial charge < -0.3 is 4.90 Å². The molecule has 2 aromatic carbocycles. The van der Waals surface area contributed by atoms with E-state index in [1.54, 1.807) is 11.0 Å². The Bertz CT molecular complexity index is 1250. The first-order chi connectivity index (χ1) is 15.4. The Hall–Kier alpha value is -3.02. The number of likely N-dealkylation sites (tertiary alicyclic amines) is 1. The van der Waals surface area contributed by atoms with Gasteiger partial charge >= 0.3 is 6.03 Å². The molecule has 2 aliphatic heterocycles. The number of piperidine rings is 1. The summed E-state index contributed by atoms with van der Waals surface area (Å²) >= 11 is 1.32. The minimum absolute atomic E-state index is 0.231. The number of aromatic nitrogens is 2. The van der Waals surface area contributed by atoms with Gasteiger partial charge in [-0.2, -0.15) is 8.42 Å². The number of nitrogens with one attached hydrogen (secondary N) is 1. The Balaban J connectivity index is 1.27. The number of nitrogens with two attached hydrogens (primary N) is 1. The Morgan fingerprint density at radius 3 is 2.44 bits per heavy atom. The van der Waals surface area contributed by atoms with E-state index in [1.165, 1.54) is 15.6 Å². The summed E-state index contributed by atoms with van der Waals surface area (Å²) in [4.78, 5) is 14.5. The fraction of sp³-hybridized carbons (Fsp3) is 0.286. The van der Waals surface area contributed by atoms with E-state index in [-0.39, 0.29) is 11.4 Å². The Morgan fingerprint density at radius 1 is 1.03 bits per heavy atom. The monoisotopic (exact) mass is 470 g/mol. The lowest BCUT2D eigenvalue weighted by molar-refractivity contribution is 0.173. The second-order valence-electron chi connectivity index (χ2n) is 8.04. The highest BCUT2D eigenvalue weighted by molar-refractivity contribution is 7.90. The maximum absolute atomic E-state index is 12.8. The number of amides is 2. The van der Waals surface area contributed by atoms with Gasteiger partial charge in [0.1, 0.15) is 5.01 Å². The van der Waals surface area contributed by atoms with E-state index in [9.17, 15) is 13.2 Å². The Kier molecular flexibility index (Phi) is 5.11. The fourth-order valence-corrected chi connectivity index (χ4v) is 6.12. The summed E-state index contributed by atoms with van der Waals surface area (Å²) in [6.45, 7) is 1.31. The lowest BCUT2D eigenvalue weighted by Gasteiger charge is -2.39. The van der Waals surface area contributed by atoms with Gasteiger partial charge in [-0.3, -0.25) is 9.62 Å². The molecule has 11 heteroatoms. The van der Waals surface area contributed by atoms with Gasteiger partial charge in [-0.1, -0.05) is 59.9 Å². The zero-order chi connectivity index (χ0) is 22.3. The summed E-state index contributed by atoms with van der Waals surface area (Å²) in [7, 11) is -3.86. The molecule has 3 N–H and O–H groups in total.